The van der Waals surface area contributed by atoms with Gasteiger partial charge in [-0.1, -0.05) is 18.9 Å². The summed E-state index contributed by atoms with van der Waals surface area (Å²) < 4.78 is 0. The van der Waals surface area contributed by atoms with Crippen molar-refractivity contribution in [3.8, 4) is 0 Å². The van der Waals surface area contributed by atoms with Crippen molar-refractivity contribution in [1.29, 1.82) is 0 Å². The molecule has 2 nitrogen and oxygen atoms in total. The molecule has 1 aliphatic carbocycles. The molecule has 0 aliphatic heterocycles. The van der Waals surface area contributed by atoms with Gasteiger partial charge in [-0.25, -0.2) is 0 Å². The first kappa shape index (κ1) is 13.1. The van der Waals surface area contributed by atoms with Gasteiger partial charge < -0.3 is 5.73 Å². The monoisotopic (exact) mass is 252 g/mol. The second kappa shape index (κ2) is 5.51. The van der Waals surface area contributed by atoms with Crippen molar-refractivity contribution in [3.05, 3.63) is 22.4 Å². The molecule has 3 heteroatoms. The smallest absolute Gasteiger partial charge is 0.0338 e. The van der Waals surface area contributed by atoms with Gasteiger partial charge >= 0.3 is 0 Å². The third-order valence-electron chi connectivity index (χ3n) is 4.05. The standard InChI is InChI=1S/C14H24N2S/c1-12(2)16(10-13-6-5-9-17-13)14(11-15)7-3-4-8-14/h5-6,9,12H,3-4,7-8,10-11,15H2,1-2H3. The summed E-state index contributed by atoms with van der Waals surface area (Å²) in [7, 11) is 0. The first-order valence-corrected chi connectivity index (χ1v) is 7.55. The number of nitrogens with zero attached hydrogens (tertiary/aromatic N) is 1. The zero-order valence-electron chi connectivity index (χ0n) is 11.0. The SMILES string of the molecule is CC(C)N(Cc1cccs1)C1(CN)CCCC1. The average Bonchev–Trinajstić information content (AvgIpc) is 2.97. The van der Waals surface area contributed by atoms with Crippen molar-refractivity contribution in [2.75, 3.05) is 6.54 Å². The van der Waals surface area contributed by atoms with Crippen LogP contribution < -0.4 is 5.73 Å². The van der Waals surface area contributed by atoms with Gasteiger partial charge in [0.2, 0.25) is 0 Å². The minimum Gasteiger partial charge on any atom is -0.329 e. The summed E-state index contributed by atoms with van der Waals surface area (Å²) in [5.74, 6) is 0. The Morgan fingerprint density at radius 2 is 2.12 bits per heavy atom. The van der Waals surface area contributed by atoms with Gasteiger partial charge in [0.05, 0.1) is 0 Å². The molecule has 96 valence electrons. The minimum atomic E-state index is 0.262. The summed E-state index contributed by atoms with van der Waals surface area (Å²) in [5.41, 5.74) is 6.36. The molecular weight excluding hydrogens is 228 g/mol. The molecule has 0 bridgehead atoms. The lowest BCUT2D eigenvalue weighted by Gasteiger charge is -2.43. The number of hydrogen-bond donors (Lipinski definition) is 1. The fourth-order valence-electron chi connectivity index (χ4n) is 3.11. The second-order valence-electron chi connectivity index (χ2n) is 5.44. The van der Waals surface area contributed by atoms with E-state index >= 15 is 0 Å². The first-order valence-electron chi connectivity index (χ1n) is 6.67. The number of nitrogens with two attached hydrogens (primary N) is 1. The van der Waals surface area contributed by atoms with E-state index in [0.717, 1.165) is 13.1 Å². The summed E-state index contributed by atoms with van der Waals surface area (Å²) in [6, 6.07) is 4.94. The molecule has 1 fully saturated rings. The summed E-state index contributed by atoms with van der Waals surface area (Å²) in [6.45, 7) is 6.45. The number of rotatable bonds is 5. The molecule has 0 radical (unpaired) electrons. The summed E-state index contributed by atoms with van der Waals surface area (Å²) >= 11 is 1.85. The molecule has 1 saturated carbocycles. The molecule has 1 heterocycles. The van der Waals surface area contributed by atoms with Crippen molar-refractivity contribution in [3.63, 3.8) is 0 Å². The highest BCUT2D eigenvalue weighted by Gasteiger charge is 2.39. The maximum Gasteiger partial charge on any atom is 0.0338 e. The van der Waals surface area contributed by atoms with Gasteiger partial charge in [-0.3, -0.25) is 4.90 Å². The second-order valence-corrected chi connectivity index (χ2v) is 6.47. The van der Waals surface area contributed by atoms with Gasteiger partial charge in [-0.05, 0) is 38.1 Å². The lowest BCUT2D eigenvalue weighted by Crippen LogP contribution is -2.54. The zero-order chi connectivity index (χ0) is 12.3. The van der Waals surface area contributed by atoms with Crippen LogP contribution in [0.15, 0.2) is 17.5 Å². The molecule has 1 aliphatic rings. The van der Waals surface area contributed by atoms with Gasteiger partial charge in [0.1, 0.15) is 0 Å². The van der Waals surface area contributed by atoms with Gasteiger partial charge in [0, 0.05) is 29.5 Å². The molecule has 2 N–H and O–H groups in total. The Balaban J connectivity index is 2.16. The van der Waals surface area contributed by atoms with Crippen molar-refractivity contribution >= 4 is 11.3 Å². The van der Waals surface area contributed by atoms with E-state index < -0.39 is 0 Å². The Morgan fingerprint density at radius 1 is 1.41 bits per heavy atom. The molecule has 2 rings (SSSR count). The van der Waals surface area contributed by atoms with Crippen molar-refractivity contribution in [2.45, 2.75) is 57.7 Å². The lowest BCUT2D eigenvalue weighted by molar-refractivity contribution is 0.0587. The summed E-state index contributed by atoms with van der Waals surface area (Å²) in [6.07, 6.45) is 5.22. The molecule has 0 spiro atoms. The fraction of sp³-hybridized carbons (Fsp3) is 0.714. The molecule has 1 aromatic rings. The third-order valence-corrected chi connectivity index (χ3v) is 4.91. The molecule has 1 aromatic heterocycles. The van der Waals surface area contributed by atoms with E-state index in [4.69, 9.17) is 5.73 Å². The highest BCUT2D eigenvalue weighted by atomic mass is 32.1. The first-order chi connectivity index (χ1) is 8.18. The largest absolute Gasteiger partial charge is 0.329 e. The number of hydrogen-bond acceptors (Lipinski definition) is 3. The molecular formula is C14H24N2S. The Labute approximate surface area is 109 Å². The topological polar surface area (TPSA) is 29.3 Å². The van der Waals surface area contributed by atoms with Crippen LogP contribution >= 0.6 is 11.3 Å². The average molecular weight is 252 g/mol. The lowest BCUT2D eigenvalue weighted by atomic mass is 9.93. The molecule has 0 amide bonds. The normalized spacial score (nSPS) is 19.4. The Morgan fingerprint density at radius 3 is 2.59 bits per heavy atom. The Hall–Kier alpha value is -0.380. The van der Waals surface area contributed by atoms with Crippen LogP contribution in [0.4, 0.5) is 0 Å². The van der Waals surface area contributed by atoms with Gasteiger partial charge in [0.15, 0.2) is 0 Å². The maximum absolute atomic E-state index is 6.10. The van der Waals surface area contributed by atoms with E-state index in [9.17, 15) is 0 Å². The van der Waals surface area contributed by atoms with Crippen LogP contribution in [0.25, 0.3) is 0 Å². The minimum absolute atomic E-state index is 0.262. The van der Waals surface area contributed by atoms with Crippen LogP contribution in [-0.4, -0.2) is 23.0 Å². The fourth-order valence-corrected chi connectivity index (χ4v) is 3.81. The zero-order valence-corrected chi connectivity index (χ0v) is 11.8. The summed E-state index contributed by atoms with van der Waals surface area (Å²) in [4.78, 5) is 4.09. The van der Waals surface area contributed by atoms with E-state index in [1.807, 2.05) is 11.3 Å². The van der Waals surface area contributed by atoms with Crippen molar-refractivity contribution in [1.82, 2.24) is 4.90 Å². The van der Waals surface area contributed by atoms with Crippen LogP contribution in [0.5, 0.6) is 0 Å². The van der Waals surface area contributed by atoms with Crippen molar-refractivity contribution < 1.29 is 0 Å². The van der Waals surface area contributed by atoms with Crippen LogP contribution in [0, 0.1) is 0 Å². The van der Waals surface area contributed by atoms with Crippen molar-refractivity contribution in [2.24, 2.45) is 5.73 Å². The van der Waals surface area contributed by atoms with E-state index in [0.29, 0.717) is 6.04 Å². The van der Waals surface area contributed by atoms with Crippen LogP contribution in [0.3, 0.4) is 0 Å². The summed E-state index contributed by atoms with van der Waals surface area (Å²) in [5, 5.41) is 2.16. The van der Waals surface area contributed by atoms with Crippen LogP contribution in [-0.2, 0) is 6.54 Å². The number of thiophene rings is 1. The maximum atomic E-state index is 6.10. The molecule has 0 atom stereocenters. The quantitative estimate of drug-likeness (QED) is 0.872. The highest BCUT2D eigenvalue weighted by Crippen LogP contribution is 2.37. The van der Waals surface area contributed by atoms with Crippen LogP contribution in [0.1, 0.15) is 44.4 Å². The molecule has 0 saturated heterocycles. The van der Waals surface area contributed by atoms with Gasteiger partial charge in [-0.15, -0.1) is 11.3 Å². The van der Waals surface area contributed by atoms with Gasteiger partial charge in [0.25, 0.3) is 0 Å². The Bertz CT molecular complexity index is 326. The van der Waals surface area contributed by atoms with Gasteiger partial charge in [-0.2, -0.15) is 0 Å². The molecule has 17 heavy (non-hydrogen) atoms. The van der Waals surface area contributed by atoms with E-state index in [1.54, 1.807) is 0 Å². The van der Waals surface area contributed by atoms with E-state index in [2.05, 4.69) is 36.3 Å². The third kappa shape index (κ3) is 2.72. The highest BCUT2D eigenvalue weighted by molar-refractivity contribution is 7.09. The predicted octanol–water partition coefficient (Wildman–Crippen LogP) is 3.23. The van der Waals surface area contributed by atoms with Crippen LogP contribution in [0.2, 0.25) is 0 Å². The van der Waals surface area contributed by atoms with E-state index in [1.165, 1.54) is 30.6 Å². The Kier molecular flexibility index (Phi) is 4.23. The predicted molar refractivity (Wildman–Crippen MR) is 75.3 cm³/mol. The molecule has 0 unspecified atom stereocenters. The molecule has 0 aromatic carbocycles. The van der Waals surface area contributed by atoms with E-state index in [-0.39, 0.29) is 5.54 Å².